The Morgan fingerprint density at radius 2 is 1.77 bits per heavy atom. The lowest BCUT2D eigenvalue weighted by Crippen LogP contribution is -2.36. The average Bonchev–Trinajstić information content (AvgIpc) is 2.11. The van der Waals surface area contributed by atoms with E-state index in [-0.39, 0.29) is 0 Å². The molecule has 2 atom stereocenters. The maximum Gasteiger partial charge on any atom is 0.00926 e. The van der Waals surface area contributed by atoms with Gasteiger partial charge in [-0.15, -0.1) is 0 Å². The molecule has 1 rings (SSSR count). The van der Waals surface area contributed by atoms with Gasteiger partial charge in [0, 0.05) is 6.04 Å². The Bertz CT molecular complexity index is 120. The van der Waals surface area contributed by atoms with Crippen LogP contribution in [-0.4, -0.2) is 12.6 Å². The molecule has 0 bridgehead atoms. The van der Waals surface area contributed by atoms with Gasteiger partial charge in [-0.1, -0.05) is 39.5 Å². The molecule has 0 aromatic carbocycles. The zero-order chi connectivity index (χ0) is 9.52. The van der Waals surface area contributed by atoms with Crippen molar-refractivity contribution in [2.75, 3.05) is 6.54 Å². The maximum atomic E-state index is 3.69. The Hall–Kier alpha value is -0.0400. The molecule has 1 aliphatic carbocycles. The Morgan fingerprint density at radius 1 is 1.08 bits per heavy atom. The molecule has 1 saturated carbocycles. The van der Waals surface area contributed by atoms with E-state index in [9.17, 15) is 0 Å². The molecule has 0 spiro atoms. The Labute approximate surface area is 83.3 Å². The number of hydrogen-bond acceptors (Lipinski definition) is 1. The Morgan fingerprint density at radius 3 is 2.46 bits per heavy atom. The molecule has 2 unspecified atom stereocenters. The Balaban J connectivity index is 2.28. The molecule has 0 saturated heterocycles. The summed E-state index contributed by atoms with van der Waals surface area (Å²) in [5.74, 6) is 0.895. The summed E-state index contributed by atoms with van der Waals surface area (Å²) in [7, 11) is 0. The quantitative estimate of drug-likeness (QED) is 0.707. The van der Waals surface area contributed by atoms with Gasteiger partial charge in [0.2, 0.25) is 0 Å². The number of rotatable bonds is 3. The molecule has 0 aromatic heterocycles. The normalized spacial score (nSPS) is 30.9. The molecule has 0 amide bonds. The van der Waals surface area contributed by atoms with Gasteiger partial charge < -0.3 is 5.32 Å². The van der Waals surface area contributed by atoms with Crippen molar-refractivity contribution in [3.05, 3.63) is 0 Å². The van der Waals surface area contributed by atoms with Gasteiger partial charge in [-0.05, 0) is 31.7 Å². The third-order valence-electron chi connectivity index (χ3n) is 3.27. The van der Waals surface area contributed by atoms with Gasteiger partial charge in [-0.2, -0.15) is 0 Å². The van der Waals surface area contributed by atoms with Crippen LogP contribution in [0.15, 0.2) is 0 Å². The van der Waals surface area contributed by atoms with Crippen LogP contribution in [0.1, 0.15) is 58.8 Å². The van der Waals surface area contributed by atoms with Gasteiger partial charge in [-0.25, -0.2) is 0 Å². The van der Waals surface area contributed by atoms with E-state index in [1.807, 2.05) is 0 Å². The summed E-state index contributed by atoms with van der Waals surface area (Å²) in [6.07, 6.45) is 9.91. The first-order valence-electron chi connectivity index (χ1n) is 6.08. The molecule has 0 aliphatic heterocycles. The van der Waals surface area contributed by atoms with Crippen molar-refractivity contribution in [1.29, 1.82) is 0 Å². The zero-order valence-corrected chi connectivity index (χ0v) is 9.31. The van der Waals surface area contributed by atoms with Gasteiger partial charge in [-0.3, -0.25) is 0 Å². The molecule has 1 N–H and O–H groups in total. The monoisotopic (exact) mass is 183 g/mol. The van der Waals surface area contributed by atoms with E-state index in [2.05, 4.69) is 19.2 Å². The highest BCUT2D eigenvalue weighted by molar-refractivity contribution is 4.75. The number of nitrogens with one attached hydrogen (secondary N) is 1. The summed E-state index contributed by atoms with van der Waals surface area (Å²) in [6.45, 7) is 5.87. The minimum atomic E-state index is 0.806. The van der Waals surface area contributed by atoms with Crippen LogP contribution >= 0.6 is 0 Å². The van der Waals surface area contributed by atoms with Crippen molar-refractivity contribution in [2.45, 2.75) is 64.8 Å². The predicted molar refractivity (Wildman–Crippen MR) is 58.9 cm³/mol. The molecule has 13 heavy (non-hydrogen) atoms. The maximum absolute atomic E-state index is 3.69. The molecule has 1 heteroatoms. The topological polar surface area (TPSA) is 12.0 Å². The van der Waals surface area contributed by atoms with Crippen molar-refractivity contribution in [2.24, 2.45) is 5.92 Å². The lowest BCUT2D eigenvalue weighted by molar-refractivity contribution is 0.303. The lowest BCUT2D eigenvalue weighted by atomic mass is 9.88. The molecule has 1 nitrogen and oxygen atoms in total. The van der Waals surface area contributed by atoms with Gasteiger partial charge >= 0.3 is 0 Å². The number of hydrogen-bond donors (Lipinski definition) is 1. The summed E-state index contributed by atoms with van der Waals surface area (Å²) >= 11 is 0. The third kappa shape index (κ3) is 4.12. The van der Waals surface area contributed by atoms with E-state index in [4.69, 9.17) is 0 Å². The largest absolute Gasteiger partial charge is 0.314 e. The van der Waals surface area contributed by atoms with Gasteiger partial charge in [0.1, 0.15) is 0 Å². The highest BCUT2D eigenvalue weighted by atomic mass is 14.9. The van der Waals surface area contributed by atoms with Gasteiger partial charge in [0.25, 0.3) is 0 Å². The summed E-state index contributed by atoms with van der Waals surface area (Å²) in [5, 5.41) is 3.69. The predicted octanol–water partition coefficient (Wildman–Crippen LogP) is 3.34. The van der Waals surface area contributed by atoms with Gasteiger partial charge in [0.15, 0.2) is 0 Å². The molecule has 0 radical (unpaired) electrons. The standard InChI is InChI=1S/C12H25N/c1-3-10-13-12-9-7-5-4-6-8-11(12)2/h11-13H,3-10H2,1-2H3. The summed E-state index contributed by atoms with van der Waals surface area (Å²) in [4.78, 5) is 0. The molecule has 78 valence electrons. The fourth-order valence-corrected chi connectivity index (χ4v) is 2.30. The first kappa shape index (κ1) is 11.0. The second kappa shape index (κ2) is 6.42. The van der Waals surface area contributed by atoms with Crippen LogP contribution < -0.4 is 5.32 Å². The second-order valence-corrected chi connectivity index (χ2v) is 4.53. The highest BCUT2D eigenvalue weighted by Crippen LogP contribution is 2.22. The van der Waals surface area contributed by atoms with Crippen molar-refractivity contribution in [3.63, 3.8) is 0 Å². The van der Waals surface area contributed by atoms with Crippen LogP contribution in [0.25, 0.3) is 0 Å². The minimum Gasteiger partial charge on any atom is -0.314 e. The average molecular weight is 183 g/mol. The van der Waals surface area contributed by atoms with Crippen LogP contribution in [-0.2, 0) is 0 Å². The van der Waals surface area contributed by atoms with E-state index >= 15 is 0 Å². The Kier molecular flexibility index (Phi) is 5.45. The van der Waals surface area contributed by atoms with E-state index in [0.29, 0.717) is 0 Å². The second-order valence-electron chi connectivity index (χ2n) is 4.53. The molecular formula is C12H25N. The lowest BCUT2D eigenvalue weighted by Gasteiger charge is -2.27. The summed E-state index contributed by atoms with van der Waals surface area (Å²) < 4.78 is 0. The third-order valence-corrected chi connectivity index (χ3v) is 3.27. The van der Waals surface area contributed by atoms with E-state index in [1.165, 1.54) is 51.5 Å². The molecular weight excluding hydrogens is 158 g/mol. The SMILES string of the molecule is CCCNC1CCCCCCC1C. The first-order valence-corrected chi connectivity index (χ1v) is 6.08. The fraction of sp³-hybridized carbons (Fsp3) is 1.00. The van der Waals surface area contributed by atoms with Crippen LogP contribution in [0, 0.1) is 5.92 Å². The van der Waals surface area contributed by atoms with E-state index in [1.54, 1.807) is 0 Å². The van der Waals surface area contributed by atoms with Crippen LogP contribution in [0.2, 0.25) is 0 Å². The van der Waals surface area contributed by atoms with Crippen LogP contribution in [0.5, 0.6) is 0 Å². The fourth-order valence-electron chi connectivity index (χ4n) is 2.30. The summed E-state index contributed by atoms with van der Waals surface area (Å²) in [6, 6.07) is 0.806. The first-order chi connectivity index (χ1) is 6.34. The van der Waals surface area contributed by atoms with E-state index in [0.717, 1.165) is 12.0 Å². The minimum absolute atomic E-state index is 0.806. The molecule has 0 aromatic rings. The molecule has 1 fully saturated rings. The van der Waals surface area contributed by atoms with Crippen LogP contribution in [0.3, 0.4) is 0 Å². The van der Waals surface area contributed by atoms with Crippen molar-refractivity contribution >= 4 is 0 Å². The van der Waals surface area contributed by atoms with Crippen molar-refractivity contribution < 1.29 is 0 Å². The molecule has 0 heterocycles. The molecule has 1 aliphatic rings. The van der Waals surface area contributed by atoms with Crippen LogP contribution in [0.4, 0.5) is 0 Å². The van der Waals surface area contributed by atoms with E-state index < -0.39 is 0 Å². The summed E-state index contributed by atoms with van der Waals surface area (Å²) in [5.41, 5.74) is 0. The highest BCUT2D eigenvalue weighted by Gasteiger charge is 2.17. The smallest absolute Gasteiger partial charge is 0.00926 e. The zero-order valence-electron chi connectivity index (χ0n) is 9.31. The van der Waals surface area contributed by atoms with Crippen molar-refractivity contribution in [1.82, 2.24) is 5.32 Å². The van der Waals surface area contributed by atoms with Gasteiger partial charge in [0.05, 0.1) is 0 Å². The van der Waals surface area contributed by atoms with Crippen molar-refractivity contribution in [3.8, 4) is 0 Å².